The Labute approximate surface area is 432 Å². The lowest BCUT2D eigenvalue weighted by Crippen LogP contribution is -2.34. The molecule has 7 N–H and O–H groups in total. The normalized spacial score (nSPS) is 12.6. The number of nitrogens with zero attached hydrogens (tertiary/aromatic N) is 10. The van der Waals surface area contributed by atoms with Gasteiger partial charge >= 0.3 is 0 Å². The summed E-state index contributed by atoms with van der Waals surface area (Å²) in [4.78, 5) is 85.8. The number of nitrogens with one attached hydrogen (secondary N) is 1. The second kappa shape index (κ2) is 27.1. The molecule has 0 aliphatic rings. The number of carbonyl (C=O) groups is 6. The Morgan fingerprint density at radius 1 is 0.600 bits per heavy atom. The van der Waals surface area contributed by atoms with Crippen LogP contribution in [0, 0.1) is 13.8 Å². The van der Waals surface area contributed by atoms with E-state index >= 15 is 0 Å². The van der Waals surface area contributed by atoms with Gasteiger partial charge in [0.1, 0.15) is 18.0 Å². The Hall–Kier alpha value is -7.58. The summed E-state index contributed by atoms with van der Waals surface area (Å²) < 4.78 is 38.6. The van der Waals surface area contributed by atoms with Gasteiger partial charge in [-0.05, 0) is 89.1 Å². The molecule has 25 heteroatoms. The van der Waals surface area contributed by atoms with E-state index in [1.165, 1.54) is 0 Å². The standard InChI is InChI=1S/C50H68N14O11/c1-7-63-41(27-32(3)57-63)47(69)55-49-59(5)39-29-34(45(52)67)9-11-37(39)61(49)17-13-36(75-31-44(66)54-16-20-72-22-24-74-26-25-73-23-21-71-19-15-43(51)65)14-18-62-38-12-10-35(46(53)68)30-40(38)60(6)50(62)56-48(70)42-28-33(4)58-64(42)8-2/h9-12,27-30,36H,7-8,13-26,31H2,1-6H3,(H2,51,65)(H2,52,67)(H2,53,68)(H,54,66). The largest absolute Gasteiger partial charge is 0.379 e. The summed E-state index contributed by atoms with van der Waals surface area (Å²) in [7, 11) is 3.48. The van der Waals surface area contributed by atoms with Gasteiger partial charge in [-0.2, -0.15) is 20.2 Å². The summed E-state index contributed by atoms with van der Waals surface area (Å²) >= 11 is 0. The third-order valence-electron chi connectivity index (χ3n) is 12.1. The summed E-state index contributed by atoms with van der Waals surface area (Å²) in [6.45, 7) is 11.1. The maximum Gasteiger partial charge on any atom is 0.298 e. The highest BCUT2D eigenvalue weighted by Crippen LogP contribution is 2.20. The SMILES string of the molecule is CCn1nc(C)cc1C(=O)N=c1n(C)c2cc(C(N)=O)ccc2n1CCC(CCn1c(=NC(=O)c2cc(C)nn2CC)n(C)c2cc(C(N)=O)ccc21)OCC(=O)NCCOCCOCCOCCOCCC(N)=O. The zero-order valence-electron chi connectivity index (χ0n) is 43.4. The highest BCUT2D eigenvalue weighted by atomic mass is 16.6. The van der Waals surface area contributed by atoms with Crippen molar-refractivity contribution in [2.24, 2.45) is 41.3 Å². The van der Waals surface area contributed by atoms with Gasteiger partial charge in [-0.25, -0.2) is 0 Å². The van der Waals surface area contributed by atoms with E-state index in [1.807, 2.05) is 23.0 Å². The Morgan fingerprint density at radius 3 is 1.44 bits per heavy atom. The molecule has 0 radical (unpaired) electrons. The molecule has 0 aliphatic carbocycles. The van der Waals surface area contributed by atoms with E-state index in [-0.39, 0.29) is 81.1 Å². The number of primary amides is 3. The lowest BCUT2D eigenvalue weighted by atomic mass is 10.1. The third kappa shape index (κ3) is 15.0. The number of hydrogen-bond acceptors (Lipinski definition) is 13. The smallest absolute Gasteiger partial charge is 0.298 e. The van der Waals surface area contributed by atoms with E-state index in [0.29, 0.717) is 97.6 Å². The van der Waals surface area contributed by atoms with Crippen LogP contribution >= 0.6 is 0 Å². The number of benzene rings is 2. The van der Waals surface area contributed by atoms with Gasteiger partial charge in [-0.15, -0.1) is 0 Å². The van der Waals surface area contributed by atoms with Crippen molar-refractivity contribution in [1.29, 1.82) is 0 Å². The predicted octanol–water partition coefficient (Wildman–Crippen LogP) is 0.926. The van der Waals surface area contributed by atoms with Crippen molar-refractivity contribution in [2.75, 3.05) is 66.0 Å². The average molecular weight is 1040 g/mol. The van der Waals surface area contributed by atoms with E-state index in [2.05, 4.69) is 25.5 Å². The highest BCUT2D eigenvalue weighted by Gasteiger charge is 2.22. The van der Waals surface area contributed by atoms with Crippen LogP contribution < -0.4 is 33.8 Å². The van der Waals surface area contributed by atoms with Gasteiger partial charge in [0.05, 0.1) is 92.4 Å². The van der Waals surface area contributed by atoms with Crippen LogP contribution in [0.25, 0.3) is 22.1 Å². The number of imidazole rings is 2. The van der Waals surface area contributed by atoms with Gasteiger partial charge in [-0.1, -0.05) is 0 Å². The molecule has 0 atom stereocenters. The first-order chi connectivity index (χ1) is 36.0. The molecule has 4 heterocycles. The Balaban J connectivity index is 1.22. The van der Waals surface area contributed by atoms with Crippen molar-refractivity contribution in [3.8, 4) is 0 Å². The van der Waals surface area contributed by atoms with Crippen LogP contribution in [0.1, 0.15) is 86.2 Å². The molecule has 2 aromatic carbocycles. The first-order valence-electron chi connectivity index (χ1n) is 24.7. The number of fused-ring (bicyclic) bond motifs is 2. The lowest BCUT2D eigenvalue weighted by Gasteiger charge is -2.19. The molecule has 0 aliphatic heterocycles. The summed E-state index contributed by atoms with van der Waals surface area (Å²) in [6.07, 6.45) is 0.0929. The third-order valence-corrected chi connectivity index (χ3v) is 12.1. The van der Waals surface area contributed by atoms with E-state index < -0.39 is 41.5 Å². The van der Waals surface area contributed by atoms with Crippen LogP contribution in [0.2, 0.25) is 0 Å². The molecule has 6 aromatic rings. The molecule has 25 nitrogen and oxygen atoms in total. The zero-order valence-corrected chi connectivity index (χ0v) is 43.4. The fraction of sp³-hybridized carbons (Fsp3) is 0.480. The minimum Gasteiger partial charge on any atom is -0.379 e. The second-order valence-electron chi connectivity index (χ2n) is 17.5. The molecule has 0 saturated heterocycles. The van der Waals surface area contributed by atoms with Crippen LogP contribution in [-0.4, -0.2) is 145 Å². The maximum atomic E-state index is 13.9. The molecule has 404 valence electrons. The summed E-state index contributed by atoms with van der Waals surface area (Å²) in [5.41, 5.74) is 22.0. The molecule has 6 amide bonds. The van der Waals surface area contributed by atoms with Crippen LogP contribution in [-0.2, 0) is 73.5 Å². The quantitative estimate of drug-likeness (QED) is 0.0457. The van der Waals surface area contributed by atoms with E-state index in [9.17, 15) is 28.8 Å². The van der Waals surface area contributed by atoms with Gasteiger partial charge in [-0.3, -0.25) is 38.1 Å². The molecular formula is C50H68N14O11. The van der Waals surface area contributed by atoms with Crippen LogP contribution in [0.5, 0.6) is 0 Å². The number of hydrogen-bond donors (Lipinski definition) is 4. The van der Waals surface area contributed by atoms with Crippen molar-refractivity contribution < 1.29 is 52.5 Å². The van der Waals surface area contributed by atoms with E-state index in [0.717, 1.165) is 0 Å². The molecule has 75 heavy (non-hydrogen) atoms. The number of rotatable bonds is 30. The molecule has 0 unspecified atom stereocenters. The number of ether oxygens (including phenoxy) is 5. The Bertz CT molecular complexity index is 2980. The van der Waals surface area contributed by atoms with Crippen molar-refractivity contribution in [1.82, 2.24) is 43.1 Å². The highest BCUT2D eigenvalue weighted by molar-refractivity contribution is 5.98. The van der Waals surface area contributed by atoms with E-state index in [4.69, 9.17) is 40.9 Å². The van der Waals surface area contributed by atoms with Crippen LogP contribution in [0.15, 0.2) is 58.5 Å². The topological polar surface area (TPSA) is 319 Å². The van der Waals surface area contributed by atoms with Crippen LogP contribution in [0.3, 0.4) is 0 Å². The van der Waals surface area contributed by atoms with Gasteiger partial charge in [0.2, 0.25) is 34.9 Å². The molecule has 0 bridgehead atoms. The molecular weight excluding hydrogens is 973 g/mol. The Kier molecular flexibility index (Phi) is 20.5. The number of carbonyl (C=O) groups excluding carboxylic acids is 6. The molecule has 0 saturated carbocycles. The van der Waals surface area contributed by atoms with Gasteiger partial charge < -0.3 is 64.5 Å². The molecule has 0 fully saturated rings. The summed E-state index contributed by atoms with van der Waals surface area (Å²) in [5, 5.41) is 11.7. The first kappa shape index (κ1) is 56.7. The Morgan fingerprint density at radius 2 is 1.03 bits per heavy atom. The molecule has 4 aromatic heterocycles. The number of amides is 6. The van der Waals surface area contributed by atoms with Crippen LogP contribution in [0.4, 0.5) is 0 Å². The average Bonchev–Trinajstić information content (AvgIpc) is 4.11. The number of aryl methyl sites for hydroxylation is 8. The van der Waals surface area contributed by atoms with Gasteiger partial charge in [0.15, 0.2) is 0 Å². The fourth-order valence-corrected chi connectivity index (χ4v) is 8.36. The minimum atomic E-state index is -0.636. The number of aromatic nitrogens is 8. The second-order valence-corrected chi connectivity index (χ2v) is 17.5. The summed E-state index contributed by atoms with van der Waals surface area (Å²) in [5.74, 6) is -3.11. The van der Waals surface area contributed by atoms with Crippen molar-refractivity contribution in [2.45, 2.75) is 79.2 Å². The first-order valence-corrected chi connectivity index (χ1v) is 24.7. The van der Waals surface area contributed by atoms with Crippen molar-refractivity contribution in [3.05, 3.63) is 93.7 Å². The molecule has 6 rings (SSSR count). The maximum absolute atomic E-state index is 13.9. The van der Waals surface area contributed by atoms with Gasteiger partial charge in [0, 0.05) is 64.4 Å². The number of nitrogens with two attached hydrogens (primary N) is 3. The monoisotopic (exact) mass is 1040 g/mol. The minimum absolute atomic E-state index is 0.158. The molecule has 0 spiro atoms. The fourth-order valence-electron chi connectivity index (χ4n) is 8.36. The predicted molar refractivity (Wildman–Crippen MR) is 273 cm³/mol. The summed E-state index contributed by atoms with van der Waals surface area (Å²) in [6, 6.07) is 13.3. The van der Waals surface area contributed by atoms with Gasteiger partial charge in [0.25, 0.3) is 11.8 Å². The van der Waals surface area contributed by atoms with E-state index in [1.54, 1.807) is 95.0 Å². The lowest BCUT2D eigenvalue weighted by molar-refractivity contribution is -0.128. The zero-order chi connectivity index (χ0) is 54.2. The van der Waals surface area contributed by atoms with Crippen molar-refractivity contribution in [3.63, 3.8) is 0 Å². The van der Waals surface area contributed by atoms with Crippen molar-refractivity contribution >= 4 is 57.5 Å².